The lowest BCUT2D eigenvalue weighted by molar-refractivity contribution is -0.137. The van der Waals surface area contributed by atoms with E-state index in [1.807, 2.05) is 0 Å². The van der Waals surface area contributed by atoms with E-state index in [1.165, 1.54) is 6.07 Å². The van der Waals surface area contributed by atoms with Gasteiger partial charge in [0, 0.05) is 23.5 Å². The van der Waals surface area contributed by atoms with Crippen LogP contribution in [-0.2, 0) is 11.0 Å². The van der Waals surface area contributed by atoms with Gasteiger partial charge in [-0.1, -0.05) is 18.2 Å². The van der Waals surface area contributed by atoms with Crippen LogP contribution in [0.1, 0.15) is 18.4 Å². The second-order valence-corrected chi connectivity index (χ2v) is 7.75. The third-order valence-electron chi connectivity index (χ3n) is 5.40. The molecule has 1 atom stereocenters. The maximum absolute atomic E-state index is 13.4. The summed E-state index contributed by atoms with van der Waals surface area (Å²) in [6.07, 6.45) is -3.39. The summed E-state index contributed by atoms with van der Waals surface area (Å²) in [6, 6.07) is 14.0. The Balaban J connectivity index is 1.39. The quantitative estimate of drug-likeness (QED) is 0.404. The molecule has 1 saturated heterocycles. The Kier molecular flexibility index (Phi) is 6.49. The first kappa shape index (κ1) is 23.2. The second kappa shape index (κ2) is 9.50. The molecule has 2 aromatic carbocycles. The molecule has 1 aromatic heterocycles. The van der Waals surface area contributed by atoms with E-state index < -0.39 is 29.8 Å². The summed E-state index contributed by atoms with van der Waals surface area (Å²) >= 11 is 0. The fourth-order valence-corrected chi connectivity index (χ4v) is 3.71. The highest BCUT2D eigenvalue weighted by Gasteiger charge is 2.32. The summed E-state index contributed by atoms with van der Waals surface area (Å²) in [5.74, 6) is -0.887. The minimum Gasteiger partial charge on any atom is -0.326 e. The van der Waals surface area contributed by atoms with E-state index >= 15 is 0 Å². The number of piperidine rings is 1. The maximum atomic E-state index is 13.4. The molecule has 0 spiro atoms. The van der Waals surface area contributed by atoms with Crippen molar-refractivity contribution in [3.8, 4) is 11.3 Å². The molecule has 2 heterocycles. The molecule has 0 unspecified atom stereocenters. The van der Waals surface area contributed by atoms with Crippen LogP contribution in [0.4, 0.5) is 33.7 Å². The van der Waals surface area contributed by atoms with Gasteiger partial charge >= 0.3 is 12.2 Å². The number of benzene rings is 2. The number of aromatic nitrogens is 1. The number of amides is 3. The van der Waals surface area contributed by atoms with Crippen LogP contribution in [0.5, 0.6) is 0 Å². The van der Waals surface area contributed by atoms with Crippen molar-refractivity contribution in [1.29, 1.82) is 0 Å². The standard InChI is InChI=1S/C24H20F4N4O2/c25-21-5-1-3-19(30-21)15-6-12-18(13-7-15)32-14-2-4-20(22(32)33)31-23(34)29-17-10-8-16(9-11-17)24(26,27)28/h1,3,5-13,20H,2,4,14H2,(H2,29,31,34)/t20-/m1/s1. The summed E-state index contributed by atoms with van der Waals surface area (Å²) in [4.78, 5) is 30.7. The highest BCUT2D eigenvalue weighted by Crippen LogP contribution is 2.30. The first-order valence-corrected chi connectivity index (χ1v) is 10.5. The van der Waals surface area contributed by atoms with Crippen LogP contribution in [0.2, 0.25) is 0 Å². The van der Waals surface area contributed by atoms with Gasteiger partial charge < -0.3 is 15.5 Å². The number of anilines is 2. The van der Waals surface area contributed by atoms with E-state index in [-0.39, 0.29) is 11.6 Å². The molecule has 1 fully saturated rings. The SMILES string of the molecule is O=C(Nc1ccc(C(F)(F)F)cc1)N[C@@H]1CCCN(c2ccc(-c3cccc(F)n3)cc2)C1=O. The summed E-state index contributed by atoms with van der Waals surface area (Å²) in [7, 11) is 0. The topological polar surface area (TPSA) is 74.3 Å². The molecule has 1 aliphatic heterocycles. The van der Waals surface area contributed by atoms with Crippen molar-refractivity contribution < 1.29 is 27.2 Å². The molecule has 2 N–H and O–H groups in total. The number of carbonyl (C=O) groups is 2. The van der Waals surface area contributed by atoms with Gasteiger partial charge in [0.05, 0.1) is 11.3 Å². The van der Waals surface area contributed by atoms with E-state index in [1.54, 1.807) is 41.3 Å². The minimum absolute atomic E-state index is 0.173. The highest BCUT2D eigenvalue weighted by atomic mass is 19.4. The molecule has 6 nitrogen and oxygen atoms in total. The van der Waals surface area contributed by atoms with Crippen molar-refractivity contribution in [3.05, 3.63) is 78.2 Å². The van der Waals surface area contributed by atoms with Gasteiger partial charge in [-0.25, -0.2) is 9.78 Å². The van der Waals surface area contributed by atoms with Crippen molar-refractivity contribution in [3.63, 3.8) is 0 Å². The molecule has 0 aliphatic carbocycles. The van der Waals surface area contributed by atoms with E-state index in [0.29, 0.717) is 36.3 Å². The number of rotatable bonds is 4. The smallest absolute Gasteiger partial charge is 0.326 e. The third-order valence-corrected chi connectivity index (χ3v) is 5.40. The fraction of sp³-hybridized carbons (Fsp3) is 0.208. The monoisotopic (exact) mass is 472 g/mol. The first-order valence-electron chi connectivity index (χ1n) is 10.5. The molecule has 10 heteroatoms. The zero-order chi connectivity index (χ0) is 24.3. The Morgan fingerprint density at radius 2 is 1.71 bits per heavy atom. The second-order valence-electron chi connectivity index (χ2n) is 7.75. The predicted molar refractivity (Wildman–Crippen MR) is 119 cm³/mol. The Morgan fingerprint density at radius 3 is 2.35 bits per heavy atom. The fourth-order valence-electron chi connectivity index (χ4n) is 3.71. The molecule has 3 aromatic rings. The van der Waals surface area contributed by atoms with Gasteiger partial charge in [0.25, 0.3) is 0 Å². The van der Waals surface area contributed by atoms with Gasteiger partial charge in [-0.2, -0.15) is 17.6 Å². The normalized spacial score (nSPS) is 16.3. The number of hydrogen-bond donors (Lipinski definition) is 2. The Hall–Kier alpha value is -3.95. The largest absolute Gasteiger partial charge is 0.416 e. The van der Waals surface area contributed by atoms with E-state index in [4.69, 9.17) is 0 Å². The maximum Gasteiger partial charge on any atom is 0.416 e. The lowest BCUT2D eigenvalue weighted by atomic mass is 10.0. The van der Waals surface area contributed by atoms with E-state index in [0.717, 1.165) is 24.3 Å². The number of urea groups is 1. The summed E-state index contributed by atoms with van der Waals surface area (Å²) in [6.45, 7) is 0.467. The molecule has 3 amide bonds. The molecule has 0 radical (unpaired) electrons. The van der Waals surface area contributed by atoms with Crippen molar-refractivity contribution in [2.24, 2.45) is 0 Å². The summed E-state index contributed by atoms with van der Waals surface area (Å²) in [5, 5.41) is 5.04. The van der Waals surface area contributed by atoms with Crippen molar-refractivity contribution in [2.45, 2.75) is 25.1 Å². The number of carbonyl (C=O) groups excluding carboxylic acids is 2. The summed E-state index contributed by atoms with van der Waals surface area (Å²) < 4.78 is 51.4. The third kappa shape index (κ3) is 5.33. The number of halogens is 4. The van der Waals surface area contributed by atoms with Crippen LogP contribution < -0.4 is 15.5 Å². The van der Waals surface area contributed by atoms with Crippen LogP contribution in [0, 0.1) is 5.95 Å². The lowest BCUT2D eigenvalue weighted by Crippen LogP contribution is -2.53. The molecular weight excluding hydrogens is 452 g/mol. The molecule has 1 aliphatic rings. The average molecular weight is 472 g/mol. The zero-order valence-electron chi connectivity index (χ0n) is 17.8. The highest BCUT2D eigenvalue weighted by molar-refractivity contribution is 6.01. The Morgan fingerprint density at radius 1 is 1.00 bits per heavy atom. The van der Waals surface area contributed by atoms with Gasteiger partial charge in [-0.05, 0) is 61.4 Å². The van der Waals surface area contributed by atoms with Gasteiger partial charge in [0.2, 0.25) is 11.9 Å². The average Bonchev–Trinajstić information content (AvgIpc) is 2.80. The van der Waals surface area contributed by atoms with Crippen molar-refractivity contribution >= 4 is 23.3 Å². The van der Waals surface area contributed by atoms with Gasteiger partial charge in [-0.3, -0.25) is 4.79 Å². The Bertz CT molecular complexity index is 1180. The summed E-state index contributed by atoms with van der Waals surface area (Å²) in [5.41, 5.74) is 1.14. The van der Waals surface area contributed by atoms with Gasteiger partial charge in [0.15, 0.2) is 0 Å². The molecule has 34 heavy (non-hydrogen) atoms. The molecule has 4 rings (SSSR count). The van der Waals surface area contributed by atoms with Crippen LogP contribution in [0.3, 0.4) is 0 Å². The molecular formula is C24H20F4N4O2. The number of nitrogens with one attached hydrogen (secondary N) is 2. The van der Waals surface area contributed by atoms with E-state index in [9.17, 15) is 27.2 Å². The number of hydrogen-bond acceptors (Lipinski definition) is 3. The minimum atomic E-state index is -4.47. The van der Waals surface area contributed by atoms with Crippen molar-refractivity contribution in [1.82, 2.24) is 10.3 Å². The molecule has 176 valence electrons. The number of nitrogens with zero attached hydrogens (tertiary/aromatic N) is 2. The predicted octanol–water partition coefficient (Wildman–Crippen LogP) is 5.22. The number of pyridine rings is 1. The van der Waals surface area contributed by atoms with Gasteiger partial charge in [0.1, 0.15) is 6.04 Å². The molecule has 0 bridgehead atoms. The number of alkyl halides is 3. The van der Waals surface area contributed by atoms with Crippen molar-refractivity contribution in [2.75, 3.05) is 16.8 Å². The van der Waals surface area contributed by atoms with Crippen LogP contribution in [-0.4, -0.2) is 29.5 Å². The Labute approximate surface area is 192 Å². The zero-order valence-corrected chi connectivity index (χ0v) is 17.8. The van der Waals surface area contributed by atoms with Crippen LogP contribution in [0.25, 0.3) is 11.3 Å². The van der Waals surface area contributed by atoms with Gasteiger partial charge in [-0.15, -0.1) is 0 Å². The molecule has 0 saturated carbocycles. The van der Waals surface area contributed by atoms with Crippen LogP contribution >= 0.6 is 0 Å². The first-order chi connectivity index (χ1) is 16.2. The lowest BCUT2D eigenvalue weighted by Gasteiger charge is -2.32. The van der Waals surface area contributed by atoms with Crippen LogP contribution in [0.15, 0.2) is 66.7 Å². The van der Waals surface area contributed by atoms with E-state index in [2.05, 4.69) is 15.6 Å².